The molecular formula is C20H23NO. The van der Waals surface area contributed by atoms with Crippen LogP contribution in [0.4, 0.5) is 0 Å². The van der Waals surface area contributed by atoms with Crippen LogP contribution in [0, 0.1) is 32.1 Å². The summed E-state index contributed by atoms with van der Waals surface area (Å²) in [6.45, 7) is 6.83. The van der Waals surface area contributed by atoms with Crippen LogP contribution in [-0.2, 0) is 0 Å². The molecule has 2 rings (SSSR count). The van der Waals surface area contributed by atoms with Gasteiger partial charge in [0.05, 0.1) is 18.6 Å². The summed E-state index contributed by atoms with van der Waals surface area (Å²) in [5.74, 6) is 0.896. The Balaban J connectivity index is 1.89. The predicted molar refractivity (Wildman–Crippen MR) is 90.2 cm³/mol. The maximum atomic E-state index is 9.41. The second kappa shape index (κ2) is 7.66. The van der Waals surface area contributed by atoms with E-state index in [4.69, 9.17) is 4.74 Å². The first-order chi connectivity index (χ1) is 10.6. The molecule has 1 atom stereocenters. The molecule has 2 heteroatoms. The largest absolute Gasteiger partial charge is 0.493 e. The van der Waals surface area contributed by atoms with Gasteiger partial charge in [-0.05, 0) is 61.9 Å². The average molecular weight is 293 g/mol. The fourth-order valence-electron chi connectivity index (χ4n) is 2.60. The van der Waals surface area contributed by atoms with E-state index >= 15 is 0 Å². The van der Waals surface area contributed by atoms with Crippen molar-refractivity contribution in [3.05, 3.63) is 64.7 Å². The van der Waals surface area contributed by atoms with Gasteiger partial charge in [0.15, 0.2) is 0 Å². The van der Waals surface area contributed by atoms with Crippen LogP contribution >= 0.6 is 0 Å². The van der Waals surface area contributed by atoms with Crippen molar-refractivity contribution < 1.29 is 4.74 Å². The molecule has 0 aliphatic heterocycles. The monoisotopic (exact) mass is 293 g/mol. The van der Waals surface area contributed by atoms with Crippen LogP contribution in [-0.4, -0.2) is 6.61 Å². The van der Waals surface area contributed by atoms with Gasteiger partial charge in [-0.2, -0.15) is 5.26 Å². The zero-order valence-electron chi connectivity index (χ0n) is 13.6. The average Bonchev–Trinajstić information content (AvgIpc) is 2.52. The van der Waals surface area contributed by atoms with Gasteiger partial charge in [0.25, 0.3) is 0 Å². The standard InChI is InChI=1S/C20H23NO/c1-15-10-11-17(3)20(13-15)22-12-6-8-18(14-21)19-9-5-4-7-16(19)2/h4-5,7,9-11,13,18H,6,8,12H2,1-3H3. The van der Waals surface area contributed by atoms with E-state index in [1.807, 2.05) is 12.1 Å². The van der Waals surface area contributed by atoms with Gasteiger partial charge in [-0.1, -0.05) is 36.4 Å². The number of hydrogen-bond acceptors (Lipinski definition) is 2. The van der Waals surface area contributed by atoms with E-state index in [2.05, 4.69) is 57.2 Å². The Hall–Kier alpha value is -2.27. The molecule has 0 saturated carbocycles. The molecule has 0 bridgehead atoms. The van der Waals surface area contributed by atoms with Crippen molar-refractivity contribution in [2.24, 2.45) is 0 Å². The summed E-state index contributed by atoms with van der Waals surface area (Å²) in [7, 11) is 0. The summed E-state index contributed by atoms with van der Waals surface area (Å²) in [6, 6.07) is 16.8. The fraction of sp³-hybridized carbons (Fsp3) is 0.350. The van der Waals surface area contributed by atoms with Crippen LogP contribution in [0.15, 0.2) is 42.5 Å². The topological polar surface area (TPSA) is 33.0 Å². The fourth-order valence-corrected chi connectivity index (χ4v) is 2.60. The number of rotatable bonds is 6. The van der Waals surface area contributed by atoms with Crippen molar-refractivity contribution in [3.63, 3.8) is 0 Å². The minimum atomic E-state index is -0.0524. The first kappa shape index (κ1) is 16.1. The van der Waals surface area contributed by atoms with Gasteiger partial charge in [-0.15, -0.1) is 0 Å². The molecule has 114 valence electrons. The Morgan fingerprint density at radius 1 is 1.05 bits per heavy atom. The molecule has 2 aromatic rings. The summed E-state index contributed by atoms with van der Waals surface area (Å²) in [5.41, 5.74) is 4.68. The van der Waals surface area contributed by atoms with Gasteiger partial charge in [0.1, 0.15) is 5.75 Å². The molecule has 2 nitrogen and oxygen atoms in total. The lowest BCUT2D eigenvalue weighted by molar-refractivity contribution is 0.303. The van der Waals surface area contributed by atoms with Gasteiger partial charge >= 0.3 is 0 Å². The van der Waals surface area contributed by atoms with Gasteiger partial charge < -0.3 is 4.74 Å². The third-order valence-electron chi connectivity index (χ3n) is 3.96. The van der Waals surface area contributed by atoms with Crippen LogP contribution in [0.1, 0.15) is 41.0 Å². The van der Waals surface area contributed by atoms with Crippen LogP contribution in [0.25, 0.3) is 0 Å². The summed E-state index contributed by atoms with van der Waals surface area (Å²) < 4.78 is 5.87. The normalized spacial score (nSPS) is 11.7. The van der Waals surface area contributed by atoms with Crippen LogP contribution in [0.2, 0.25) is 0 Å². The van der Waals surface area contributed by atoms with Gasteiger partial charge in [0.2, 0.25) is 0 Å². The smallest absolute Gasteiger partial charge is 0.122 e. The second-order valence-electron chi connectivity index (χ2n) is 5.80. The predicted octanol–water partition coefficient (Wildman–Crippen LogP) is 5.08. The molecule has 0 heterocycles. The zero-order chi connectivity index (χ0) is 15.9. The minimum Gasteiger partial charge on any atom is -0.493 e. The van der Waals surface area contributed by atoms with Crippen molar-refractivity contribution >= 4 is 0 Å². The van der Waals surface area contributed by atoms with Crippen molar-refractivity contribution in [2.45, 2.75) is 39.5 Å². The highest BCUT2D eigenvalue weighted by molar-refractivity contribution is 5.36. The Bertz CT molecular complexity index is 670. The maximum absolute atomic E-state index is 9.41. The number of nitrogens with zero attached hydrogens (tertiary/aromatic N) is 1. The third kappa shape index (κ3) is 4.11. The van der Waals surface area contributed by atoms with E-state index < -0.39 is 0 Å². The lowest BCUT2D eigenvalue weighted by Crippen LogP contribution is -2.04. The highest BCUT2D eigenvalue weighted by atomic mass is 16.5. The third-order valence-corrected chi connectivity index (χ3v) is 3.96. The van der Waals surface area contributed by atoms with Crippen LogP contribution in [0.5, 0.6) is 5.75 Å². The van der Waals surface area contributed by atoms with Gasteiger partial charge in [0, 0.05) is 0 Å². The van der Waals surface area contributed by atoms with E-state index in [1.165, 1.54) is 11.1 Å². The van der Waals surface area contributed by atoms with E-state index in [-0.39, 0.29) is 5.92 Å². The van der Waals surface area contributed by atoms with Crippen LogP contribution < -0.4 is 4.74 Å². The lowest BCUT2D eigenvalue weighted by Gasteiger charge is -2.13. The molecule has 0 aliphatic rings. The van der Waals surface area contributed by atoms with Crippen molar-refractivity contribution in [3.8, 4) is 11.8 Å². The number of ether oxygens (including phenoxy) is 1. The highest BCUT2D eigenvalue weighted by Gasteiger charge is 2.12. The molecule has 0 amide bonds. The first-order valence-corrected chi connectivity index (χ1v) is 7.77. The Kier molecular flexibility index (Phi) is 5.61. The summed E-state index contributed by atoms with van der Waals surface area (Å²) in [5, 5.41) is 9.41. The molecular weight excluding hydrogens is 270 g/mol. The zero-order valence-corrected chi connectivity index (χ0v) is 13.6. The van der Waals surface area contributed by atoms with Crippen molar-refractivity contribution in [2.75, 3.05) is 6.61 Å². The van der Waals surface area contributed by atoms with Crippen LogP contribution in [0.3, 0.4) is 0 Å². The van der Waals surface area contributed by atoms with E-state index in [0.717, 1.165) is 29.7 Å². The molecule has 22 heavy (non-hydrogen) atoms. The van der Waals surface area contributed by atoms with E-state index in [0.29, 0.717) is 6.61 Å². The van der Waals surface area contributed by atoms with E-state index in [9.17, 15) is 5.26 Å². The molecule has 0 saturated heterocycles. The van der Waals surface area contributed by atoms with Crippen molar-refractivity contribution in [1.82, 2.24) is 0 Å². The molecule has 2 aromatic carbocycles. The molecule has 0 aromatic heterocycles. The Labute approximate surface area is 133 Å². The van der Waals surface area contributed by atoms with Crippen molar-refractivity contribution in [1.29, 1.82) is 5.26 Å². The Morgan fingerprint density at radius 3 is 2.55 bits per heavy atom. The molecule has 0 radical (unpaired) electrons. The summed E-state index contributed by atoms with van der Waals surface area (Å²) >= 11 is 0. The Morgan fingerprint density at radius 2 is 1.82 bits per heavy atom. The molecule has 0 fully saturated rings. The second-order valence-corrected chi connectivity index (χ2v) is 5.80. The molecule has 1 unspecified atom stereocenters. The van der Waals surface area contributed by atoms with Gasteiger partial charge in [-0.3, -0.25) is 0 Å². The summed E-state index contributed by atoms with van der Waals surface area (Å²) in [4.78, 5) is 0. The number of benzene rings is 2. The minimum absolute atomic E-state index is 0.0524. The summed E-state index contributed by atoms with van der Waals surface area (Å²) in [6.07, 6.45) is 1.70. The van der Waals surface area contributed by atoms with E-state index in [1.54, 1.807) is 0 Å². The maximum Gasteiger partial charge on any atom is 0.122 e. The molecule has 0 N–H and O–H groups in total. The molecule has 0 spiro atoms. The number of nitriles is 1. The first-order valence-electron chi connectivity index (χ1n) is 7.77. The highest BCUT2D eigenvalue weighted by Crippen LogP contribution is 2.24. The number of hydrogen-bond donors (Lipinski definition) is 0. The lowest BCUT2D eigenvalue weighted by atomic mass is 9.92. The quantitative estimate of drug-likeness (QED) is 0.696. The molecule has 0 aliphatic carbocycles. The SMILES string of the molecule is Cc1ccc(C)c(OCCCC(C#N)c2ccccc2C)c1. The number of aryl methyl sites for hydroxylation is 3. The van der Waals surface area contributed by atoms with Gasteiger partial charge in [-0.25, -0.2) is 0 Å².